The average Bonchev–Trinajstić information content (AvgIpc) is 3.64. The van der Waals surface area contributed by atoms with E-state index in [0.717, 1.165) is 42.8 Å². The summed E-state index contributed by atoms with van der Waals surface area (Å²) in [5, 5.41) is 11.2. The second kappa shape index (κ2) is 10.2. The number of likely N-dealkylation sites (N-methyl/N-ethyl adjacent to an activating group) is 1. The Morgan fingerprint density at radius 3 is 2.92 bits per heavy atom. The molecular formula is C28H29ClN8O2. The molecule has 4 aromatic rings. The van der Waals surface area contributed by atoms with Crippen molar-refractivity contribution >= 4 is 46.0 Å². The van der Waals surface area contributed by atoms with Gasteiger partial charge in [0, 0.05) is 37.4 Å². The number of benzene rings is 1. The minimum atomic E-state index is -0.287. The molecule has 2 aliphatic heterocycles. The number of fused-ring (bicyclic) bond motifs is 2. The second-order valence-corrected chi connectivity index (χ2v) is 10.3. The first-order valence-electron chi connectivity index (χ1n) is 12.8. The summed E-state index contributed by atoms with van der Waals surface area (Å²) >= 11 is 6.57. The molecule has 2 aliphatic rings. The molecule has 0 radical (unpaired) electrons. The molecule has 2 N–H and O–H groups in total. The first-order valence-corrected chi connectivity index (χ1v) is 13.2. The number of nitrogens with zero attached hydrogens (tertiary/aromatic N) is 6. The average molecular weight is 545 g/mol. The highest BCUT2D eigenvalue weighted by Gasteiger charge is 2.42. The van der Waals surface area contributed by atoms with Crippen LogP contribution < -0.4 is 20.3 Å². The molecule has 0 spiro atoms. The van der Waals surface area contributed by atoms with Gasteiger partial charge in [0.1, 0.15) is 11.4 Å². The van der Waals surface area contributed by atoms with Gasteiger partial charge in [-0.05, 0) is 49.7 Å². The Bertz CT molecular complexity index is 1570. The smallest absolute Gasteiger partial charge is 0.247 e. The van der Waals surface area contributed by atoms with Crippen molar-refractivity contribution in [3.05, 3.63) is 66.6 Å². The maximum atomic E-state index is 12.4. The molecule has 0 bridgehead atoms. The van der Waals surface area contributed by atoms with Gasteiger partial charge in [-0.3, -0.25) is 4.79 Å². The molecule has 1 aromatic carbocycles. The number of pyridine rings is 1. The van der Waals surface area contributed by atoms with E-state index < -0.39 is 0 Å². The van der Waals surface area contributed by atoms with E-state index in [2.05, 4.69) is 44.1 Å². The summed E-state index contributed by atoms with van der Waals surface area (Å²) < 4.78 is 7.57. The number of hydrogen-bond acceptors (Lipinski definition) is 8. The molecule has 39 heavy (non-hydrogen) atoms. The van der Waals surface area contributed by atoms with Crippen LogP contribution in [0.1, 0.15) is 6.42 Å². The molecule has 10 nitrogen and oxygen atoms in total. The number of anilines is 4. The van der Waals surface area contributed by atoms with Crippen LogP contribution in [0.2, 0.25) is 5.02 Å². The minimum Gasteiger partial charge on any atom is -0.494 e. The summed E-state index contributed by atoms with van der Waals surface area (Å²) in [4.78, 5) is 26.4. The summed E-state index contributed by atoms with van der Waals surface area (Å²) in [6.45, 7) is 6.47. The number of carbonyl (C=O) groups excluding carboxylic acids is 1. The lowest BCUT2D eigenvalue weighted by Gasteiger charge is -2.31. The normalized spacial score (nSPS) is 18.8. The Morgan fingerprint density at radius 1 is 1.23 bits per heavy atom. The topological polar surface area (TPSA) is 99.9 Å². The fourth-order valence-electron chi connectivity index (χ4n) is 5.74. The van der Waals surface area contributed by atoms with Crippen LogP contribution in [0.3, 0.4) is 0 Å². The second-order valence-electron chi connectivity index (χ2n) is 9.87. The number of ether oxygens (including phenoxy) is 1. The summed E-state index contributed by atoms with van der Waals surface area (Å²) in [5.41, 5.74) is 4.40. The fraction of sp³-hybridized carbons (Fsp3) is 0.286. The molecule has 6 rings (SSSR count). The number of likely N-dealkylation sites (tertiary alicyclic amines) is 1. The highest BCUT2D eigenvalue weighted by atomic mass is 35.5. The molecule has 1 amide bonds. The largest absolute Gasteiger partial charge is 0.494 e. The lowest BCUT2D eigenvalue weighted by Crippen LogP contribution is -2.35. The maximum Gasteiger partial charge on any atom is 0.247 e. The van der Waals surface area contributed by atoms with Crippen molar-refractivity contribution in [3.8, 4) is 17.0 Å². The van der Waals surface area contributed by atoms with Gasteiger partial charge in [-0.2, -0.15) is 5.10 Å². The van der Waals surface area contributed by atoms with Gasteiger partial charge in [-0.15, -0.1) is 0 Å². The van der Waals surface area contributed by atoms with Crippen LogP contribution in [-0.4, -0.2) is 70.2 Å². The molecular weight excluding hydrogens is 516 g/mol. The molecule has 0 unspecified atom stereocenters. The molecule has 2 atom stereocenters. The summed E-state index contributed by atoms with van der Waals surface area (Å²) in [6.07, 6.45) is 7.52. The third-order valence-corrected chi connectivity index (χ3v) is 7.76. The summed E-state index contributed by atoms with van der Waals surface area (Å²) in [6, 6.07) is 9.81. The van der Waals surface area contributed by atoms with Crippen LogP contribution >= 0.6 is 11.6 Å². The van der Waals surface area contributed by atoms with Crippen LogP contribution in [0, 0.1) is 5.92 Å². The number of rotatable bonds is 7. The first kappa shape index (κ1) is 25.1. The van der Waals surface area contributed by atoms with Crippen molar-refractivity contribution in [2.24, 2.45) is 5.92 Å². The van der Waals surface area contributed by atoms with Crippen molar-refractivity contribution in [1.29, 1.82) is 0 Å². The predicted molar refractivity (Wildman–Crippen MR) is 153 cm³/mol. The zero-order valence-corrected chi connectivity index (χ0v) is 22.5. The van der Waals surface area contributed by atoms with Crippen molar-refractivity contribution in [2.45, 2.75) is 12.5 Å². The van der Waals surface area contributed by atoms with Crippen LogP contribution in [0.25, 0.3) is 16.8 Å². The van der Waals surface area contributed by atoms with Crippen molar-refractivity contribution < 1.29 is 9.53 Å². The molecule has 5 heterocycles. The van der Waals surface area contributed by atoms with Gasteiger partial charge in [-0.25, -0.2) is 14.5 Å². The van der Waals surface area contributed by atoms with E-state index in [0.29, 0.717) is 45.7 Å². The molecule has 0 aliphatic carbocycles. The third-order valence-electron chi connectivity index (χ3n) is 7.48. The number of amides is 1. The molecule has 0 saturated carbocycles. The van der Waals surface area contributed by atoms with Crippen LogP contribution in [0.4, 0.5) is 23.0 Å². The van der Waals surface area contributed by atoms with Crippen LogP contribution in [0.15, 0.2) is 61.6 Å². The Hall–Kier alpha value is -4.15. The van der Waals surface area contributed by atoms with E-state index in [1.54, 1.807) is 24.0 Å². The molecule has 11 heteroatoms. The lowest BCUT2D eigenvalue weighted by atomic mass is 10.0. The van der Waals surface area contributed by atoms with E-state index in [9.17, 15) is 4.79 Å². The lowest BCUT2D eigenvalue weighted by molar-refractivity contribution is -0.111. The Labute approximate surface area is 231 Å². The van der Waals surface area contributed by atoms with E-state index >= 15 is 0 Å². The zero-order valence-electron chi connectivity index (χ0n) is 21.8. The highest BCUT2D eigenvalue weighted by molar-refractivity contribution is 6.33. The number of halogens is 1. The Morgan fingerprint density at radius 2 is 2.10 bits per heavy atom. The number of carbonyl (C=O) groups is 1. The fourth-order valence-corrected chi connectivity index (χ4v) is 5.93. The van der Waals surface area contributed by atoms with Gasteiger partial charge in [0.15, 0.2) is 0 Å². The van der Waals surface area contributed by atoms with Gasteiger partial charge in [0.2, 0.25) is 11.9 Å². The minimum absolute atomic E-state index is 0.287. The summed E-state index contributed by atoms with van der Waals surface area (Å²) in [7, 11) is 3.76. The van der Waals surface area contributed by atoms with Crippen molar-refractivity contribution in [1.82, 2.24) is 24.5 Å². The number of nitrogens with one attached hydrogen (secondary N) is 2. The van der Waals surface area contributed by atoms with Gasteiger partial charge in [-0.1, -0.05) is 24.2 Å². The predicted octanol–water partition coefficient (Wildman–Crippen LogP) is 4.46. The van der Waals surface area contributed by atoms with Crippen molar-refractivity contribution in [3.63, 3.8) is 0 Å². The van der Waals surface area contributed by atoms with E-state index in [4.69, 9.17) is 21.3 Å². The number of methoxy groups -OCH3 is 1. The Kier molecular flexibility index (Phi) is 6.58. The van der Waals surface area contributed by atoms with Crippen LogP contribution in [0.5, 0.6) is 5.75 Å². The monoisotopic (exact) mass is 544 g/mol. The SMILES string of the molecule is C=CC(=O)Nc1ccc(OC)c(Nc2ncc(Cl)c(-c3cnn4ccccc34)n2)c1N1CC[C@@H]2CN(C)C[C@@H]21. The van der Waals surface area contributed by atoms with Gasteiger partial charge in [0.05, 0.1) is 47.1 Å². The van der Waals surface area contributed by atoms with Gasteiger partial charge >= 0.3 is 0 Å². The molecule has 3 aromatic heterocycles. The quantitative estimate of drug-likeness (QED) is 0.329. The van der Waals surface area contributed by atoms with E-state index in [1.165, 1.54) is 6.08 Å². The zero-order chi connectivity index (χ0) is 27.1. The van der Waals surface area contributed by atoms with E-state index in [-0.39, 0.29) is 5.91 Å². The van der Waals surface area contributed by atoms with Crippen LogP contribution in [-0.2, 0) is 4.79 Å². The highest BCUT2D eigenvalue weighted by Crippen LogP contribution is 2.47. The first-order chi connectivity index (χ1) is 19.0. The molecule has 2 fully saturated rings. The standard InChI is InChI=1S/C28H29ClN8O2/c1-4-24(38)32-20-8-9-23(39-3)26(27(20)36-12-10-17-15-35(2)16-22(17)36)34-28-30-14-19(29)25(33-28)18-13-31-37-11-6-5-7-21(18)37/h4-9,11,13-14,17,22H,1,10,12,15-16H2,2-3H3,(H,32,38)(H,30,33,34)/t17-,22+/m1/s1. The maximum absolute atomic E-state index is 12.4. The molecule has 2 saturated heterocycles. The van der Waals surface area contributed by atoms with Crippen molar-refractivity contribution in [2.75, 3.05) is 49.3 Å². The van der Waals surface area contributed by atoms with E-state index in [1.807, 2.05) is 36.5 Å². The van der Waals surface area contributed by atoms with Gasteiger partial charge in [0.25, 0.3) is 0 Å². The molecule has 200 valence electrons. The third kappa shape index (κ3) is 4.55. The number of aromatic nitrogens is 4. The Balaban J connectivity index is 1.46. The number of hydrogen-bond donors (Lipinski definition) is 2. The van der Waals surface area contributed by atoms with Gasteiger partial charge < -0.3 is 25.2 Å². The summed E-state index contributed by atoms with van der Waals surface area (Å²) in [5.74, 6) is 1.21.